The van der Waals surface area contributed by atoms with E-state index < -0.39 is 0 Å². The van der Waals surface area contributed by atoms with Crippen molar-refractivity contribution in [2.24, 2.45) is 23.2 Å². The minimum absolute atomic E-state index is 0.0598. The first-order valence-corrected chi connectivity index (χ1v) is 9.35. The highest BCUT2D eigenvalue weighted by Gasteiger charge is 2.53. The van der Waals surface area contributed by atoms with Crippen molar-refractivity contribution in [3.63, 3.8) is 0 Å². The molecule has 2 bridgehead atoms. The molecule has 0 unspecified atom stereocenters. The molecule has 0 aromatic carbocycles. The number of rotatable bonds is 7. The van der Waals surface area contributed by atoms with Crippen LogP contribution in [0.4, 0.5) is 0 Å². The zero-order valence-electron chi connectivity index (χ0n) is 15.6. The van der Waals surface area contributed by atoms with Gasteiger partial charge in [0.05, 0.1) is 19.3 Å². The van der Waals surface area contributed by atoms with Crippen LogP contribution in [0.5, 0.6) is 0 Å². The Bertz CT molecular complexity index is 442. The Morgan fingerprint density at radius 2 is 2.09 bits per heavy atom. The fraction of sp³-hybridized carbons (Fsp3) is 0.850. The SMILES string of the molecule is CCCCCC[C@H]1OC[C@]2(COC(C)=O)[C@@H](C)C=C(C)[C@H]1[C@@H]2C. The van der Waals surface area contributed by atoms with E-state index in [9.17, 15) is 4.79 Å². The molecule has 0 spiro atoms. The van der Waals surface area contributed by atoms with Crippen molar-refractivity contribution in [1.82, 2.24) is 0 Å². The predicted octanol–water partition coefficient (Wildman–Crippen LogP) is 4.75. The van der Waals surface area contributed by atoms with Gasteiger partial charge in [-0.2, -0.15) is 0 Å². The summed E-state index contributed by atoms with van der Waals surface area (Å²) in [7, 11) is 0. The summed E-state index contributed by atoms with van der Waals surface area (Å²) >= 11 is 0. The van der Waals surface area contributed by atoms with Gasteiger partial charge in [0, 0.05) is 18.3 Å². The predicted molar refractivity (Wildman–Crippen MR) is 93.1 cm³/mol. The third kappa shape index (κ3) is 3.81. The Balaban J connectivity index is 2.11. The first-order valence-electron chi connectivity index (χ1n) is 9.35. The minimum Gasteiger partial charge on any atom is -0.465 e. The standard InChI is InChI=1S/C20H34O3/c1-6-7-8-9-10-18-19-14(2)11-15(3)20(13-23-18,16(19)4)12-22-17(5)21/h11,15-16,18-19H,6-10,12-13H2,1-5H3/t15-,16-,18+,19-,20+/m0/s1. The van der Waals surface area contributed by atoms with Gasteiger partial charge in [0.15, 0.2) is 0 Å². The van der Waals surface area contributed by atoms with Gasteiger partial charge in [0.2, 0.25) is 0 Å². The fourth-order valence-electron chi connectivity index (χ4n) is 4.66. The van der Waals surface area contributed by atoms with Gasteiger partial charge in [0.1, 0.15) is 0 Å². The molecule has 1 saturated heterocycles. The average Bonchev–Trinajstić information content (AvgIpc) is 2.49. The van der Waals surface area contributed by atoms with E-state index in [0.29, 0.717) is 37.1 Å². The zero-order chi connectivity index (χ0) is 17.0. The van der Waals surface area contributed by atoms with Crippen molar-refractivity contribution in [2.45, 2.75) is 72.8 Å². The van der Waals surface area contributed by atoms with Crippen LogP contribution in [0.2, 0.25) is 0 Å². The van der Waals surface area contributed by atoms with Crippen LogP contribution in [-0.2, 0) is 14.3 Å². The molecule has 132 valence electrons. The number of carbonyl (C=O) groups excluding carboxylic acids is 1. The molecule has 1 aliphatic heterocycles. The van der Waals surface area contributed by atoms with Gasteiger partial charge in [-0.15, -0.1) is 0 Å². The number of hydrogen-bond acceptors (Lipinski definition) is 3. The molecule has 1 heterocycles. The van der Waals surface area contributed by atoms with Crippen LogP contribution >= 0.6 is 0 Å². The molecule has 3 nitrogen and oxygen atoms in total. The van der Waals surface area contributed by atoms with Crippen LogP contribution in [0.25, 0.3) is 0 Å². The quantitative estimate of drug-likeness (QED) is 0.385. The maximum atomic E-state index is 11.3. The number of ether oxygens (including phenoxy) is 2. The summed E-state index contributed by atoms with van der Waals surface area (Å²) in [4.78, 5) is 11.3. The highest BCUT2D eigenvalue weighted by molar-refractivity contribution is 5.65. The number of allylic oxidation sites excluding steroid dienone is 1. The molecule has 0 saturated carbocycles. The molecule has 2 aliphatic rings. The normalized spacial score (nSPS) is 36.5. The molecule has 3 heteroatoms. The largest absolute Gasteiger partial charge is 0.465 e. The fourth-order valence-corrected chi connectivity index (χ4v) is 4.66. The summed E-state index contributed by atoms with van der Waals surface area (Å²) in [5.41, 5.74) is 1.40. The molecule has 2 rings (SSSR count). The van der Waals surface area contributed by atoms with Crippen LogP contribution in [-0.4, -0.2) is 25.3 Å². The average molecular weight is 322 g/mol. The minimum atomic E-state index is -0.191. The van der Waals surface area contributed by atoms with Gasteiger partial charge in [-0.05, 0) is 25.2 Å². The summed E-state index contributed by atoms with van der Waals surface area (Å²) in [5.74, 6) is 1.15. The van der Waals surface area contributed by atoms with Crippen molar-refractivity contribution >= 4 is 5.97 Å². The maximum Gasteiger partial charge on any atom is 0.302 e. The van der Waals surface area contributed by atoms with Crippen molar-refractivity contribution < 1.29 is 14.3 Å². The van der Waals surface area contributed by atoms with Crippen molar-refractivity contribution in [3.05, 3.63) is 11.6 Å². The van der Waals surface area contributed by atoms with Crippen LogP contribution < -0.4 is 0 Å². The van der Waals surface area contributed by atoms with Gasteiger partial charge in [-0.3, -0.25) is 4.79 Å². The number of fused-ring (bicyclic) bond motifs is 2. The van der Waals surface area contributed by atoms with Gasteiger partial charge >= 0.3 is 5.97 Å². The Hall–Kier alpha value is -0.830. The van der Waals surface area contributed by atoms with Crippen molar-refractivity contribution in [3.8, 4) is 0 Å². The van der Waals surface area contributed by atoms with Gasteiger partial charge in [-0.1, -0.05) is 58.1 Å². The molecule has 5 atom stereocenters. The molecule has 23 heavy (non-hydrogen) atoms. The molecule has 0 N–H and O–H groups in total. The van der Waals surface area contributed by atoms with Gasteiger partial charge in [0.25, 0.3) is 0 Å². The van der Waals surface area contributed by atoms with E-state index in [4.69, 9.17) is 9.47 Å². The number of carbonyl (C=O) groups is 1. The lowest BCUT2D eigenvalue weighted by molar-refractivity contribution is -0.180. The van der Waals surface area contributed by atoms with E-state index in [1.807, 2.05) is 0 Å². The highest BCUT2D eigenvalue weighted by Crippen LogP contribution is 2.53. The first kappa shape index (κ1) is 18.5. The Labute approximate surface area is 141 Å². The molecule has 0 aromatic heterocycles. The summed E-state index contributed by atoms with van der Waals surface area (Å²) in [6.07, 6.45) is 9.02. The molecule has 0 amide bonds. The summed E-state index contributed by atoms with van der Waals surface area (Å²) < 4.78 is 11.8. The topological polar surface area (TPSA) is 35.5 Å². The van der Waals surface area contributed by atoms with E-state index in [0.717, 1.165) is 6.42 Å². The summed E-state index contributed by atoms with van der Waals surface area (Å²) in [6, 6.07) is 0. The number of hydrogen-bond donors (Lipinski definition) is 0. The van der Waals surface area contributed by atoms with Crippen LogP contribution in [0.1, 0.15) is 66.7 Å². The molecule has 0 radical (unpaired) electrons. The van der Waals surface area contributed by atoms with E-state index in [1.165, 1.54) is 38.2 Å². The van der Waals surface area contributed by atoms with Crippen molar-refractivity contribution in [1.29, 1.82) is 0 Å². The van der Waals surface area contributed by atoms with E-state index in [1.54, 1.807) is 0 Å². The zero-order valence-corrected chi connectivity index (χ0v) is 15.6. The third-order valence-corrected chi connectivity index (χ3v) is 6.24. The molecule has 0 aromatic rings. The van der Waals surface area contributed by atoms with Gasteiger partial charge in [-0.25, -0.2) is 0 Å². The highest BCUT2D eigenvalue weighted by atomic mass is 16.5. The Morgan fingerprint density at radius 3 is 2.74 bits per heavy atom. The van der Waals surface area contributed by atoms with Crippen molar-refractivity contribution in [2.75, 3.05) is 13.2 Å². The van der Waals surface area contributed by atoms with Gasteiger partial charge < -0.3 is 9.47 Å². The van der Waals surface area contributed by atoms with E-state index in [-0.39, 0.29) is 11.4 Å². The molecule has 1 aliphatic carbocycles. The number of unbranched alkanes of at least 4 members (excludes halogenated alkanes) is 3. The molecular formula is C20H34O3. The summed E-state index contributed by atoms with van der Waals surface area (Å²) in [6.45, 7) is 11.8. The van der Waals surface area contributed by atoms with E-state index >= 15 is 0 Å². The van der Waals surface area contributed by atoms with Crippen LogP contribution in [0, 0.1) is 23.2 Å². The van der Waals surface area contributed by atoms with Crippen LogP contribution in [0.15, 0.2) is 11.6 Å². The second kappa shape index (κ2) is 7.83. The summed E-state index contributed by atoms with van der Waals surface area (Å²) in [5, 5.41) is 0. The number of esters is 1. The molecule has 1 fully saturated rings. The smallest absolute Gasteiger partial charge is 0.302 e. The third-order valence-electron chi connectivity index (χ3n) is 6.24. The first-order chi connectivity index (χ1) is 10.9. The lowest BCUT2D eigenvalue weighted by atomic mass is 9.56. The Morgan fingerprint density at radius 1 is 1.35 bits per heavy atom. The lowest BCUT2D eigenvalue weighted by Gasteiger charge is -2.55. The lowest BCUT2D eigenvalue weighted by Crippen LogP contribution is -2.56. The monoisotopic (exact) mass is 322 g/mol. The van der Waals surface area contributed by atoms with E-state index in [2.05, 4.69) is 33.8 Å². The second-order valence-corrected chi connectivity index (χ2v) is 7.73. The second-order valence-electron chi connectivity index (χ2n) is 7.73. The molecular weight excluding hydrogens is 288 g/mol. The maximum absolute atomic E-state index is 11.3. The van der Waals surface area contributed by atoms with Crippen LogP contribution in [0.3, 0.4) is 0 Å². The Kier molecular flexibility index (Phi) is 6.30.